The quantitative estimate of drug-likeness (QED) is 0.840. The second-order valence-corrected chi connectivity index (χ2v) is 5.36. The Morgan fingerprint density at radius 1 is 1.21 bits per heavy atom. The summed E-state index contributed by atoms with van der Waals surface area (Å²) in [6.07, 6.45) is -0.678. The number of hydrogen-bond acceptors (Lipinski definition) is 2. The van der Waals surface area contributed by atoms with Crippen LogP contribution in [0.3, 0.4) is 0 Å². The van der Waals surface area contributed by atoms with Gasteiger partial charge >= 0.3 is 0 Å². The molecule has 0 spiro atoms. The first-order valence-electron chi connectivity index (χ1n) is 5.58. The maximum Gasteiger partial charge on any atom is 0.146 e. The third-order valence-corrected chi connectivity index (χ3v) is 3.33. The molecule has 0 saturated heterocycles. The molecule has 0 saturated carbocycles. The number of aliphatic hydroxyl groups is 1. The summed E-state index contributed by atoms with van der Waals surface area (Å²) in [4.78, 5) is 0. The first kappa shape index (κ1) is 14.3. The molecule has 1 atom stereocenters. The molecule has 2 aromatic rings. The maximum absolute atomic E-state index is 13.0. The first-order valence-corrected chi connectivity index (χ1v) is 6.75. The molecule has 0 bridgehead atoms. The van der Waals surface area contributed by atoms with Crippen LogP contribution in [0.25, 0.3) is 0 Å². The number of ether oxygens (including phenoxy) is 1. The summed E-state index contributed by atoms with van der Waals surface area (Å²) in [5.74, 6) is 0.378. The van der Waals surface area contributed by atoms with Crippen molar-refractivity contribution in [3.8, 4) is 11.5 Å². The minimum atomic E-state index is -0.678. The summed E-state index contributed by atoms with van der Waals surface area (Å²) in [6, 6.07) is 9.17. The molecule has 2 nitrogen and oxygen atoms in total. The van der Waals surface area contributed by atoms with Crippen LogP contribution in [-0.4, -0.2) is 5.11 Å². The summed E-state index contributed by atoms with van der Waals surface area (Å²) in [7, 11) is 0. The van der Waals surface area contributed by atoms with Crippen LogP contribution in [0.4, 0.5) is 4.39 Å². The average molecular weight is 346 g/mol. The second kappa shape index (κ2) is 5.90. The van der Waals surface area contributed by atoms with E-state index in [9.17, 15) is 9.50 Å². The van der Waals surface area contributed by atoms with Crippen molar-refractivity contribution in [1.29, 1.82) is 0 Å². The van der Waals surface area contributed by atoms with E-state index in [0.717, 1.165) is 4.47 Å². The van der Waals surface area contributed by atoms with E-state index in [2.05, 4.69) is 15.9 Å². The van der Waals surface area contributed by atoms with Crippen LogP contribution >= 0.6 is 27.5 Å². The Kier molecular flexibility index (Phi) is 4.45. The van der Waals surface area contributed by atoms with Gasteiger partial charge in [-0.25, -0.2) is 4.39 Å². The van der Waals surface area contributed by atoms with Crippen LogP contribution in [0.2, 0.25) is 5.02 Å². The highest BCUT2D eigenvalue weighted by molar-refractivity contribution is 9.10. The molecule has 0 aromatic heterocycles. The van der Waals surface area contributed by atoms with E-state index in [1.54, 1.807) is 25.1 Å². The molecule has 0 heterocycles. The highest BCUT2D eigenvalue weighted by atomic mass is 79.9. The lowest BCUT2D eigenvalue weighted by molar-refractivity contribution is 0.195. The zero-order chi connectivity index (χ0) is 14.0. The normalized spacial score (nSPS) is 12.3. The summed E-state index contributed by atoms with van der Waals surface area (Å²) in [5, 5.41) is 9.88. The fourth-order valence-corrected chi connectivity index (χ4v) is 2.16. The van der Waals surface area contributed by atoms with Crippen molar-refractivity contribution in [3.05, 3.63) is 57.3 Å². The van der Waals surface area contributed by atoms with E-state index in [0.29, 0.717) is 17.1 Å². The van der Waals surface area contributed by atoms with Crippen molar-refractivity contribution in [2.45, 2.75) is 13.0 Å². The fourth-order valence-electron chi connectivity index (χ4n) is 1.62. The second-order valence-electron chi connectivity index (χ2n) is 4.03. The molecule has 1 unspecified atom stereocenters. The monoisotopic (exact) mass is 344 g/mol. The number of halogens is 3. The Morgan fingerprint density at radius 2 is 1.95 bits per heavy atom. The lowest BCUT2D eigenvalue weighted by Gasteiger charge is -2.14. The molecule has 0 fully saturated rings. The molecule has 5 heteroatoms. The van der Waals surface area contributed by atoms with Crippen molar-refractivity contribution in [3.63, 3.8) is 0 Å². The smallest absolute Gasteiger partial charge is 0.146 e. The van der Waals surface area contributed by atoms with Crippen LogP contribution in [0.5, 0.6) is 11.5 Å². The molecule has 1 N–H and O–H groups in total. The lowest BCUT2D eigenvalue weighted by atomic mass is 10.1. The lowest BCUT2D eigenvalue weighted by Crippen LogP contribution is -1.96. The predicted molar refractivity (Wildman–Crippen MR) is 76.3 cm³/mol. The van der Waals surface area contributed by atoms with Gasteiger partial charge in [-0.2, -0.15) is 0 Å². The van der Waals surface area contributed by atoms with Gasteiger partial charge in [-0.1, -0.05) is 33.6 Å². The summed E-state index contributed by atoms with van der Waals surface area (Å²) < 4.78 is 19.4. The zero-order valence-corrected chi connectivity index (χ0v) is 12.4. The molecule has 19 heavy (non-hydrogen) atoms. The maximum atomic E-state index is 13.0. The third kappa shape index (κ3) is 3.47. The van der Waals surface area contributed by atoms with Gasteiger partial charge in [0.05, 0.1) is 11.1 Å². The largest absolute Gasteiger partial charge is 0.455 e. The number of benzene rings is 2. The van der Waals surface area contributed by atoms with Gasteiger partial charge in [0.1, 0.15) is 17.3 Å². The number of hydrogen-bond donors (Lipinski definition) is 1. The van der Waals surface area contributed by atoms with Crippen LogP contribution in [0.15, 0.2) is 40.9 Å². The zero-order valence-electron chi connectivity index (χ0n) is 10.0. The molecule has 2 rings (SSSR count). The number of rotatable bonds is 3. The van der Waals surface area contributed by atoms with E-state index < -0.39 is 11.9 Å². The van der Waals surface area contributed by atoms with Gasteiger partial charge in [-0.3, -0.25) is 0 Å². The molecule has 0 aliphatic rings. The van der Waals surface area contributed by atoms with Crippen LogP contribution < -0.4 is 4.74 Å². The topological polar surface area (TPSA) is 29.5 Å². The molecular formula is C14H11BrClFO2. The Balaban J connectivity index is 2.39. The molecule has 2 aromatic carbocycles. The third-order valence-electron chi connectivity index (χ3n) is 2.54. The van der Waals surface area contributed by atoms with Gasteiger partial charge in [0.2, 0.25) is 0 Å². The SMILES string of the molecule is CC(O)c1ccc(Br)cc1Oc1ccc(F)cc1Cl. The highest BCUT2D eigenvalue weighted by Gasteiger charge is 2.12. The molecule has 0 amide bonds. The molecule has 0 radical (unpaired) electrons. The van der Waals surface area contributed by atoms with E-state index in [1.165, 1.54) is 18.2 Å². The van der Waals surface area contributed by atoms with E-state index in [-0.39, 0.29) is 5.02 Å². The van der Waals surface area contributed by atoms with Gasteiger partial charge < -0.3 is 9.84 Å². The van der Waals surface area contributed by atoms with Crippen molar-refractivity contribution < 1.29 is 14.2 Å². The van der Waals surface area contributed by atoms with E-state index >= 15 is 0 Å². The van der Waals surface area contributed by atoms with Crippen molar-refractivity contribution in [1.82, 2.24) is 0 Å². The minimum Gasteiger partial charge on any atom is -0.455 e. The Morgan fingerprint density at radius 3 is 2.58 bits per heavy atom. The van der Waals surface area contributed by atoms with Crippen LogP contribution in [0.1, 0.15) is 18.6 Å². The van der Waals surface area contributed by atoms with Gasteiger partial charge in [0.15, 0.2) is 0 Å². The molecule has 100 valence electrons. The fraction of sp³-hybridized carbons (Fsp3) is 0.143. The van der Waals surface area contributed by atoms with Gasteiger partial charge in [0, 0.05) is 10.0 Å². The Hall–Kier alpha value is -1.10. The van der Waals surface area contributed by atoms with Crippen molar-refractivity contribution in [2.24, 2.45) is 0 Å². The average Bonchev–Trinajstić information content (AvgIpc) is 2.32. The van der Waals surface area contributed by atoms with Crippen LogP contribution in [-0.2, 0) is 0 Å². The molecule has 0 aliphatic heterocycles. The predicted octanol–water partition coefficient (Wildman–Crippen LogP) is 5.09. The van der Waals surface area contributed by atoms with Gasteiger partial charge in [-0.05, 0) is 37.3 Å². The van der Waals surface area contributed by atoms with Crippen molar-refractivity contribution in [2.75, 3.05) is 0 Å². The first-order chi connectivity index (χ1) is 8.97. The molecular weight excluding hydrogens is 335 g/mol. The summed E-state index contributed by atoms with van der Waals surface area (Å²) in [6.45, 7) is 1.64. The molecule has 0 aliphatic carbocycles. The van der Waals surface area contributed by atoms with Crippen LogP contribution in [0, 0.1) is 5.82 Å². The van der Waals surface area contributed by atoms with Crippen molar-refractivity contribution >= 4 is 27.5 Å². The van der Waals surface area contributed by atoms with Gasteiger partial charge in [0.25, 0.3) is 0 Å². The van der Waals surface area contributed by atoms with E-state index in [4.69, 9.17) is 16.3 Å². The standard InChI is InChI=1S/C14H11BrClFO2/c1-8(18)11-4-2-9(15)6-14(11)19-13-5-3-10(17)7-12(13)16/h2-8,18H,1H3. The highest BCUT2D eigenvalue weighted by Crippen LogP contribution is 2.35. The minimum absolute atomic E-state index is 0.177. The van der Waals surface area contributed by atoms with E-state index in [1.807, 2.05) is 0 Å². The summed E-state index contributed by atoms with van der Waals surface area (Å²) >= 11 is 9.25. The summed E-state index contributed by atoms with van der Waals surface area (Å²) in [5.41, 5.74) is 0.628. The number of aliphatic hydroxyl groups excluding tert-OH is 1. The Labute approximate surface area is 123 Å². The van der Waals surface area contributed by atoms with Gasteiger partial charge in [-0.15, -0.1) is 0 Å². The Bertz CT molecular complexity index is 602.